The fourth-order valence-electron chi connectivity index (χ4n) is 0.528. The minimum Gasteiger partial charge on any atom is -0.469 e. The minimum absolute atomic E-state index is 0.854. The van der Waals surface area contributed by atoms with E-state index < -0.39 is 34.1 Å². The van der Waals surface area contributed by atoms with Crippen molar-refractivity contribution < 1.29 is 35.3 Å². The van der Waals surface area contributed by atoms with Crippen LogP contribution in [0.4, 0.5) is 13.2 Å². The fourth-order valence-corrected chi connectivity index (χ4v) is 1.04. The number of alkyl halides is 3. The average molecular weight is 250 g/mol. The quantitative estimate of drug-likeness (QED) is 0.416. The van der Waals surface area contributed by atoms with Gasteiger partial charge in [0.15, 0.2) is 0 Å². The molecule has 90 valence electrons. The van der Waals surface area contributed by atoms with Crippen molar-refractivity contribution in [2.24, 2.45) is 5.92 Å². The molecule has 0 bridgehead atoms. The van der Waals surface area contributed by atoms with Crippen molar-refractivity contribution in [3.8, 4) is 0 Å². The zero-order valence-corrected chi connectivity index (χ0v) is 8.68. The van der Waals surface area contributed by atoms with Crippen molar-refractivity contribution >= 4 is 16.1 Å². The molecular formula is C6H9F3O5S. The van der Waals surface area contributed by atoms with Crippen LogP contribution in [-0.2, 0) is 23.8 Å². The number of rotatable bonds is 4. The van der Waals surface area contributed by atoms with Crippen LogP contribution in [0.5, 0.6) is 0 Å². The van der Waals surface area contributed by atoms with E-state index in [1.807, 2.05) is 0 Å². The Morgan fingerprint density at radius 2 is 1.87 bits per heavy atom. The molecular weight excluding hydrogens is 241 g/mol. The number of carbonyl (C=O) groups is 1. The number of esters is 1. The number of ether oxygens (including phenoxy) is 1. The SMILES string of the molecule is COC(=O)[C@@H](C)COS(=O)(=O)C(F)(F)F. The van der Waals surface area contributed by atoms with Crippen LogP contribution in [0.3, 0.4) is 0 Å². The maximum absolute atomic E-state index is 11.7. The van der Waals surface area contributed by atoms with E-state index >= 15 is 0 Å². The number of carbonyl (C=O) groups excluding carboxylic acids is 1. The molecule has 0 N–H and O–H groups in total. The van der Waals surface area contributed by atoms with Crippen LogP contribution in [0.15, 0.2) is 0 Å². The van der Waals surface area contributed by atoms with Crippen molar-refractivity contribution in [2.45, 2.75) is 12.4 Å². The van der Waals surface area contributed by atoms with E-state index in [4.69, 9.17) is 0 Å². The number of methoxy groups -OCH3 is 1. The molecule has 0 aromatic rings. The summed E-state index contributed by atoms with van der Waals surface area (Å²) in [5, 5.41) is 0. The second-order valence-corrected chi connectivity index (χ2v) is 4.22. The summed E-state index contributed by atoms with van der Waals surface area (Å²) in [7, 11) is -4.62. The molecule has 15 heavy (non-hydrogen) atoms. The molecule has 9 heteroatoms. The van der Waals surface area contributed by atoms with Gasteiger partial charge in [-0.2, -0.15) is 21.6 Å². The average Bonchev–Trinajstić information content (AvgIpc) is 2.11. The lowest BCUT2D eigenvalue weighted by Crippen LogP contribution is -2.29. The molecule has 0 aromatic heterocycles. The van der Waals surface area contributed by atoms with Gasteiger partial charge in [-0.1, -0.05) is 0 Å². The molecule has 0 saturated heterocycles. The van der Waals surface area contributed by atoms with Crippen LogP contribution in [0.1, 0.15) is 6.92 Å². The van der Waals surface area contributed by atoms with Gasteiger partial charge in [-0.3, -0.25) is 8.98 Å². The Hall–Kier alpha value is -0.830. The summed E-state index contributed by atoms with van der Waals surface area (Å²) in [6, 6.07) is 0. The maximum Gasteiger partial charge on any atom is 0.523 e. The Morgan fingerprint density at radius 3 is 2.20 bits per heavy atom. The van der Waals surface area contributed by atoms with Gasteiger partial charge >= 0.3 is 21.6 Å². The molecule has 0 aliphatic carbocycles. The molecule has 0 spiro atoms. The summed E-state index contributed by atoms with van der Waals surface area (Å²) in [4.78, 5) is 10.7. The Labute approximate surface area is 84.3 Å². The highest BCUT2D eigenvalue weighted by Gasteiger charge is 2.47. The molecule has 0 aromatic carbocycles. The van der Waals surface area contributed by atoms with Gasteiger partial charge in [-0.25, -0.2) is 0 Å². The second kappa shape index (κ2) is 4.79. The van der Waals surface area contributed by atoms with Gasteiger partial charge in [0, 0.05) is 0 Å². The first-order valence-corrected chi connectivity index (χ1v) is 5.06. The van der Waals surface area contributed by atoms with E-state index in [0.29, 0.717) is 0 Å². The van der Waals surface area contributed by atoms with Gasteiger partial charge in [0.25, 0.3) is 0 Å². The van der Waals surface area contributed by atoms with E-state index in [1.165, 1.54) is 6.92 Å². The standard InChI is InChI=1S/C6H9F3O5S/c1-4(5(10)13-2)3-14-15(11,12)6(7,8)9/h4H,3H2,1-2H3/t4-/m0/s1. The lowest BCUT2D eigenvalue weighted by Gasteiger charge is -2.11. The lowest BCUT2D eigenvalue weighted by atomic mass is 10.2. The number of halogens is 3. The van der Waals surface area contributed by atoms with Crippen molar-refractivity contribution in [3.05, 3.63) is 0 Å². The highest BCUT2D eigenvalue weighted by molar-refractivity contribution is 7.87. The van der Waals surface area contributed by atoms with E-state index in [0.717, 1.165) is 7.11 Å². The highest BCUT2D eigenvalue weighted by atomic mass is 32.2. The van der Waals surface area contributed by atoms with Gasteiger partial charge in [0.1, 0.15) is 0 Å². The first-order chi connectivity index (χ1) is 6.62. The Bertz CT molecular complexity index is 320. The predicted molar refractivity (Wildman–Crippen MR) is 42.1 cm³/mol. The third-order valence-corrected chi connectivity index (χ3v) is 2.37. The molecule has 0 radical (unpaired) electrons. The molecule has 0 unspecified atom stereocenters. The third kappa shape index (κ3) is 4.04. The number of hydrogen-bond acceptors (Lipinski definition) is 5. The van der Waals surface area contributed by atoms with Crippen molar-refractivity contribution in [1.29, 1.82) is 0 Å². The summed E-state index contributed by atoms with van der Waals surface area (Å²) in [5.74, 6) is -1.94. The first kappa shape index (κ1) is 14.2. The Morgan fingerprint density at radius 1 is 1.40 bits per heavy atom. The first-order valence-electron chi connectivity index (χ1n) is 3.65. The summed E-state index contributed by atoms with van der Waals surface area (Å²) in [6.45, 7) is 0.270. The van der Waals surface area contributed by atoms with Crippen LogP contribution in [0, 0.1) is 5.92 Å². The third-order valence-electron chi connectivity index (χ3n) is 1.36. The molecule has 0 amide bonds. The topological polar surface area (TPSA) is 69.7 Å². The molecule has 1 atom stereocenters. The van der Waals surface area contributed by atoms with Crippen molar-refractivity contribution in [3.63, 3.8) is 0 Å². The summed E-state index contributed by atoms with van der Waals surface area (Å²) in [6.07, 6.45) is 0. The van der Waals surface area contributed by atoms with Crippen LogP contribution in [0.2, 0.25) is 0 Å². The lowest BCUT2D eigenvalue weighted by molar-refractivity contribution is -0.145. The van der Waals surface area contributed by atoms with Crippen LogP contribution < -0.4 is 0 Å². The minimum atomic E-state index is -5.64. The van der Waals surface area contributed by atoms with Gasteiger partial charge in [0.05, 0.1) is 19.6 Å². The van der Waals surface area contributed by atoms with Crippen LogP contribution in [-0.4, -0.2) is 33.6 Å². The van der Waals surface area contributed by atoms with Crippen LogP contribution >= 0.6 is 0 Å². The maximum atomic E-state index is 11.7. The highest BCUT2D eigenvalue weighted by Crippen LogP contribution is 2.24. The molecule has 0 aliphatic heterocycles. The molecule has 0 fully saturated rings. The zero-order valence-electron chi connectivity index (χ0n) is 7.87. The molecule has 0 saturated carbocycles. The molecule has 0 rings (SSSR count). The Kier molecular flexibility index (Phi) is 4.53. The molecule has 0 aliphatic rings. The molecule has 0 heterocycles. The van der Waals surface area contributed by atoms with Crippen molar-refractivity contribution in [1.82, 2.24) is 0 Å². The smallest absolute Gasteiger partial charge is 0.469 e. The summed E-state index contributed by atoms with van der Waals surface area (Å²) in [5.41, 5.74) is -5.48. The van der Waals surface area contributed by atoms with E-state index in [2.05, 4.69) is 8.92 Å². The van der Waals surface area contributed by atoms with E-state index in [1.54, 1.807) is 0 Å². The van der Waals surface area contributed by atoms with Gasteiger partial charge in [0.2, 0.25) is 0 Å². The van der Waals surface area contributed by atoms with Crippen molar-refractivity contribution in [2.75, 3.05) is 13.7 Å². The largest absolute Gasteiger partial charge is 0.523 e. The monoisotopic (exact) mass is 250 g/mol. The van der Waals surface area contributed by atoms with Gasteiger partial charge in [-0.05, 0) is 6.92 Å². The van der Waals surface area contributed by atoms with Gasteiger partial charge in [-0.15, -0.1) is 0 Å². The predicted octanol–water partition coefficient (Wildman–Crippen LogP) is 0.662. The van der Waals surface area contributed by atoms with Crippen LogP contribution in [0.25, 0.3) is 0 Å². The van der Waals surface area contributed by atoms with Gasteiger partial charge < -0.3 is 4.74 Å². The van der Waals surface area contributed by atoms with E-state index in [9.17, 15) is 26.4 Å². The summed E-state index contributed by atoms with van der Waals surface area (Å²) >= 11 is 0. The summed E-state index contributed by atoms with van der Waals surface area (Å²) < 4.78 is 63.7. The molecule has 5 nitrogen and oxygen atoms in total. The fraction of sp³-hybridized carbons (Fsp3) is 0.833. The second-order valence-electron chi connectivity index (χ2n) is 2.61. The van der Waals surface area contributed by atoms with E-state index in [-0.39, 0.29) is 0 Å². The normalized spacial score (nSPS) is 14.7. The number of hydrogen-bond donors (Lipinski definition) is 0. The zero-order chi connectivity index (χ0) is 12.3. The Balaban J connectivity index is 4.36.